The SMILES string of the molecule is COC(=O)/C=C/C[C@H]1[C@H]2OC(C)(C)O[C@H]2CN1C(=O)OC(C)(C)C. The van der Waals surface area contributed by atoms with Crippen LogP contribution in [0.2, 0.25) is 0 Å². The van der Waals surface area contributed by atoms with Crippen LogP contribution in [0, 0.1) is 0 Å². The van der Waals surface area contributed by atoms with Crippen molar-refractivity contribution in [1.82, 2.24) is 4.90 Å². The van der Waals surface area contributed by atoms with Gasteiger partial charge in [-0.05, 0) is 41.0 Å². The monoisotopic (exact) mass is 341 g/mol. The molecule has 0 aliphatic carbocycles. The number of rotatable bonds is 3. The van der Waals surface area contributed by atoms with Gasteiger partial charge in [0.05, 0.1) is 19.7 Å². The van der Waals surface area contributed by atoms with Gasteiger partial charge in [-0.3, -0.25) is 4.90 Å². The number of nitrogens with zero attached hydrogens (tertiary/aromatic N) is 1. The Morgan fingerprint density at radius 2 is 1.96 bits per heavy atom. The molecule has 0 saturated carbocycles. The number of ether oxygens (including phenoxy) is 4. The minimum Gasteiger partial charge on any atom is -0.466 e. The first-order valence-electron chi connectivity index (χ1n) is 8.12. The molecule has 24 heavy (non-hydrogen) atoms. The van der Waals surface area contributed by atoms with Gasteiger partial charge in [0.1, 0.15) is 17.8 Å². The minimum atomic E-state index is -0.681. The predicted molar refractivity (Wildman–Crippen MR) is 86.3 cm³/mol. The topological polar surface area (TPSA) is 74.3 Å². The van der Waals surface area contributed by atoms with Gasteiger partial charge in [0.2, 0.25) is 0 Å². The molecule has 2 aliphatic heterocycles. The summed E-state index contributed by atoms with van der Waals surface area (Å²) in [6.07, 6.45) is 2.62. The summed E-state index contributed by atoms with van der Waals surface area (Å²) in [7, 11) is 1.32. The molecule has 2 saturated heterocycles. The molecule has 0 aromatic heterocycles. The lowest BCUT2D eigenvalue weighted by molar-refractivity contribution is -0.160. The van der Waals surface area contributed by atoms with E-state index in [1.165, 1.54) is 13.2 Å². The smallest absolute Gasteiger partial charge is 0.410 e. The lowest BCUT2D eigenvalue weighted by atomic mass is 10.1. The highest BCUT2D eigenvalue weighted by Gasteiger charge is 2.54. The molecule has 7 nitrogen and oxygen atoms in total. The lowest BCUT2D eigenvalue weighted by Crippen LogP contribution is -2.44. The maximum absolute atomic E-state index is 12.5. The summed E-state index contributed by atoms with van der Waals surface area (Å²) in [5.74, 6) is -1.11. The van der Waals surface area contributed by atoms with Gasteiger partial charge in [-0.1, -0.05) is 6.08 Å². The number of hydrogen-bond donors (Lipinski definition) is 0. The van der Waals surface area contributed by atoms with Crippen LogP contribution >= 0.6 is 0 Å². The summed E-state index contributed by atoms with van der Waals surface area (Å²) in [5, 5.41) is 0. The highest BCUT2D eigenvalue weighted by molar-refractivity contribution is 5.81. The summed E-state index contributed by atoms with van der Waals surface area (Å²) in [6, 6.07) is -0.257. The molecular formula is C17H27NO6. The Morgan fingerprint density at radius 1 is 1.29 bits per heavy atom. The Labute approximate surface area is 142 Å². The maximum atomic E-state index is 12.5. The third kappa shape index (κ3) is 4.48. The zero-order chi connectivity index (χ0) is 18.1. The number of hydrogen-bond acceptors (Lipinski definition) is 6. The second-order valence-electron chi connectivity index (χ2n) is 7.50. The quantitative estimate of drug-likeness (QED) is 0.579. The second-order valence-corrected chi connectivity index (χ2v) is 7.50. The van der Waals surface area contributed by atoms with Crippen LogP contribution in [0.3, 0.4) is 0 Å². The molecule has 2 aliphatic rings. The molecule has 2 fully saturated rings. The molecule has 2 heterocycles. The van der Waals surface area contributed by atoms with Crippen molar-refractivity contribution in [2.45, 2.75) is 70.7 Å². The van der Waals surface area contributed by atoms with E-state index in [-0.39, 0.29) is 18.2 Å². The normalized spacial score (nSPS) is 28.9. The number of carbonyl (C=O) groups excluding carboxylic acids is 2. The second kappa shape index (κ2) is 6.72. The number of likely N-dealkylation sites (tertiary alicyclic amines) is 1. The van der Waals surface area contributed by atoms with Crippen molar-refractivity contribution in [2.75, 3.05) is 13.7 Å². The van der Waals surface area contributed by atoms with E-state index in [2.05, 4.69) is 4.74 Å². The number of esters is 1. The third-order valence-corrected chi connectivity index (χ3v) is 3.84. The molecule has 136 valence electrons. The van der Waals surface area contributed by atoms with Crippen LogP contribution in [0.5, 0.6) is 0 Å². The Morgan fingerprint density at radius 3 is 2.54 bits per heavy atom. The van der Waals surface area contributed by atoms with Crippen molar-refractivity contribution < 1.29 is 28.5 Å². The van der Waals surface area contributed by atoms with Crippen LogP contribution < -0.4 is 0 Å². The van der Waals surface area contributed by atoms with Gasteiger partial charge >= 0.3 is 12.1 Å². The average Bonchev–Trinajstić information content (AvgIpc) is 2.89. The van der Waals surface area contributed by atoms with Crippen LogP contribution in [-0.2, 0) is 23.7 Å². The Kier molecular flexibility index (Phi) is 5.25. The van der Waals surface area contributed by atoms with Crippen molar-refractivity contribution in [2.24, 2.45) is 0 Å². The maximum Gasteiger partial charge on any atom is 0.410 e. The summed E-state index contributed by atoms with van der Waals surface area (Å²) < 4.78 is 21.9. The van der Waals surface area contributed by atoms with Gasteiger partial charge in [-0.15, -0.1) is 0 Å². The van der Waals surface area contributed by atoms with Crippen LogP contribution in [0.1, 0.15) is 41.0 Å². The van der Waals surface area contributed by atoms with Gasteiger partial charge in [0.15, 0.2) is 5.79 Å². The van der Waals surface area contributed by atoms with Crippen molar-refractivity contribution in [3.63, 3.8) is 0 Å². The molecule has 0 unspecified atom stereocenters. The van der Waals surface area contributed by atoms with Gasteiger partial charge < -0.3 is 18.9 Å². The van der Waals surface area contributed by atoms with E-state index in [9.17, 15) is 9.59 Å². The molecule has 3 atom stereocenters. The van der Waals surface area contributed by atoms with Crippen LogP contribution in [0.15, 0.2) is 12.2 Å². The molecule has 0 N–H and O–H groups in total. The Balaban J connectivity index is 2.13. The van der Waals surface area contributed by atoms with Crippen molar-refractivity contribution in [3.8, 4) is 0 Å². The zero-order valence-corrected chi connectivity index (χ0v) is 15.2. The van der Waals surface area contributed by atoms with Crippen LogP contribution in [0.4, 0.5) is 4.79 Å². The molecule has 2 rings (SSSR count). The molecule has 0 bridgehead atoms. The van der Waals surface area contributed by atoms with Gasteiger partial charge in [-0.25, -0.2) is 9.59 Å². The Bertz CT molecular complexity index is 522. The summed E-state index contributed by atoms with van der Waals surface area (Å²) in [6.45, 7) is 9.58. The van der Waals surface area contributed by atoms with E-state index in [1.54, 1.807) is 11.0 Å². The predicted octanol–water partition coefficient (Wildman–Crippen LogP) is 2.25. The van der Waals surface area contributed by atoms with Crippen molar-refractivity contribution >= 4 is 12.1 Å². The summed E-state index contributed by atoms with van der Waals surface area (Å²) in [4.78, 5) is 25.4. The number of methoxy groups -OCH3 is 1. The first-order chi connectivity index (χ1) is 11.0. The molecule has 7 heteroatoms. The highest BCUT2D eigenvalue weighted by atomic mass is 16.8. The Hall–Kier alpha value is -1.60. The first kappa shape index (κ1) is 18.7. The van der Waals surface area contributed by atoms with Crippen molar-refractivity contribution in [3.05, 3.63) is 12.2 Å². The van der Waals surface area contributed by atoms with E-state index in [0.29, 0.717) is 13.0 Å². The van der Waals surface area contributed by atoms with E-state index < -0.39 is 23.5 Å². The highest BCUT2D eigenvalue weighted by Crippen LogP contribution is 2.38. The fraction of sp³-hybridized carbons (Fsp3) is 0.765. The number of amides is 1. The summed E-state index contributed by atoms with van der Waals surface area (Å²) in [5.41, 5.74) is -0.581. The van der Waals surface area contributed by atoms with Gasteiger partial charge in [0, 0.05) is 6.08 Å². The van der Waals surface area contributed by atoms with E-state index >= 15 is 0 Å². The molecule has 0 aromatic carbocycles. The van der Waals surface area contributed by atoms with E-state index in [0.717, 1.165) is 0 Å². The fourth-order valence-electron chi connectivity index (χ4n) is 3.00. The lowest BCUT2D eigenvalue weighted by Gasteiger charge is -2.31. The fourth-order valence-corrected chi connectivity index (χ4v) is 3.00. The zero-order valence-electron chi connectivity index (χ0n) is 15.2. The first-order valence-corrected chi connectivity index (χ1v) is 8.12. The van der Waals surface area contributed by atoms with Crippen LogP contribution in [0.25, 0.3) is 0 Å². The summed E-state index contributed by atoms with van der Waals surface area (Å²) >= 11 is 0. The van der Waals surface area contributed by atoms with Gasteiger partial charge in [-0.2, -0.15) is 0 Å². The standard InChI is InChI=1S/C17H27NO6/c1-16(2,3)24-15(20)18-10-12-14(23-17(4,5)22-12)11(18)8-7-9-13(19)21-6/h7,9,11-12,14H,8,10H2,1-6H3/b9-7+/t11-,12-,14+/m0/s1. The molecule has 0 spiro atoms. The largest absolute Gasteiger partial charge is 0.466 e. The molecule has 1 amide bonds. The molecule has 0 radical (unpaired) electrons. The molecular weight excluding hydrogens is 314 g/mol. The van der Waals surface area contributed by atoms with E-state index in [4.69, 9.17) is 14.2 Å². The average molecular weight is 341 g/mol. The molecule has 0 aromatic rings. The number of carbonyl (C=O) groups is 2. The minimum absolute atomic E-state index is 0.205. The van der Waals surface area contributed by atoms with E-state index in [1.807, 2.05) is 34.6 Å². The van der Waals surface area contributed by atoms with Crippen LogP contribution in [-0.4, -0.2) is 60.3 Å². The number of fused-ring (bicyclic) bond motifs is 1. The van der Waals surface area contributed by atoms with Crippen molar-refractivity contribution in [1.29, 1.82) is 0 Å². The van der Waals surface area contributed by atoms with Gasteiger partial charge in [0.25, 0.3) is 0 Å². The third-order valence-electron chi connectivity index (χ3n) is 3.84.